The Morgan fingerprint density at radius 3 is 2.00 bits per heavy atom. The van der Waals surface area contributed by atoms with Crippen LogP contribution in [0.5, 0.6) is 11.5 Å². The second-order valence-electron chi connectivity index (χ2n) is 16.3. The molecule has 16 heteroatoms. The number of nitrogens with zero attached hydrogens (tertiary/aromatic N) is 3. The molecule has 0 saturated carbocycles. The van der Waals surface area contributed by atoms with Crippen LogP contribution in [0.25, 0.3) is 10.4 Å². The smallest absolute Gasteiger partial charge is 0.338 e. The number of hydrogen-bond donors (Lipinski definition) is 0. The molecule has 0 spiro atoms. The molecule has 0 N–H and O–H groups in total. The van der Waals surface area contributed by atoms with Gasteiger partial charge in [0.2, 0.25) is 0 Å². The van der Waals surface area contributed by atoms with Crippen LogP contribution in [0, 0.1) is 0 Å². The second-order valence-corrected chi connectivity index (χ2v) is 21.0. The van der Waals surface area contributed by atoms with Crippen molar-refractivity contribution in [2.45, 2.75) is 127 Å². The largest absolute Gasteiger partial charge is 0.483 e. The highest BCUT2D eigenvalue weighted by Crippen LogP contribution is 2.42. The average Bonchev–Trinajstić information content (AvgIpc) is 3.24. The molecule has 2 fully saturated rings. The number of carbonyl (C=O) groups excluding carboxylic acids is 2. The first-order chi connectivity index (χ1) is 29.3. The fourth-order valence-electron chi connectivity index (χ4n) is 6.69. The normalized spacial score (nSPS) is 26.6. The molecule has 3 aromatic rings. The molecule has 10 atom stereocenters. The summed E-state index contributed by atoms with van der Waals surface area (Å²) in [6.07, 6.45) is -7.53. The van der Waals surface area contributed by atoms with Crippen molar-refractivity contribution >= 4 is 20.3 Å². The summed E-state index contributed by atoms with van der Waals surface area (Å²) in [6.45, 7) is 15.6. The average molecular weight is 862 g/mol. The van der Waals surface area contributed by atoms with Gasteiger partial charge in [-0.15, -0.1) is 6.58 Å². The quantitative estimate of drug-likeness (QED) is 0.0203. The molecule has 0 radical (unpaired) electrons. The van der Waals surface area contributed by atoms with Crippen molar-refractivity contribution in [3.8, 4) is 11.5 Å². The number of esters is 2. The molecule has 0 bridgehead atoms. The molecule has 2 aliphatic rings. The minimum atomic E-state index is -2.63. The van der Waals surface area contributed by atoms with Crippen LogP contribution in [0.1, 0.15) is 46.1 Å². The van der Waals surface area contributed by atoms with Gasteiger partial charge in [-0.2, -0.15) is 0 Å². The summed E-state index contributed by atoms with van der Waals surface area (Å²) in [5, 5.41) is 3.96. The van der Waals surface area contributed by atoms with Crippen LogP contribution in [-0.2, 0) is 53.8 Å². The predicted octanol–water partition coefficient (Wildman–Crippen LogP) is 8.09. The van der Waals surface area contributed by atoms with E-state index in [1.54, 1.807) is 42.5 Å². The van der Waals surface area contributed by atoms with E-state index in [0.717, 1.165) is 5.56 Å². The molecule has 0 aromatic heterocycles. The lowest BCUT2D eigenvalue weighted by Gasteiger charge is -2.51. The van der Waals surface area contributed by atoms with E-state index in [1.807, 2.05) is 54.6 Å². The lowest BCUT2D eigenvalue weighted by molar-refractivity contribution is -0.335. The van der Waals surface area contributed by atoms with Crippen LogP contribution in [0.4, 0.5) is 0 Å². The minimum Gasteiger partial charge on any atom is -0.483 e. The minimum absolute atomic E-state index is 0.0995. The van der Waals surface area contributed by atoms with Gasteiger partial charge in [0.15, 0.2) is 39.2 Å². The van der Waals surface area contributed by atoms with Crippen molar-refractivity contribution in [1.29, 1.82) is 0 Å². The molecule has 0 aliphatic carbocycles. The number of benzene rings is 3. The fraction of sp³-hybridized carbons (Fsp3) is 0.511. The highest BCUT2D eigenvalue weighted by molar-refractivity contribution is 6.74. The fourth-order valence-corrected chi connectivity index (χ4v) is 8.01. The van der Waals surface area contributed by atoms with Crippen molar-refractivity contribution in [1.82, 2.24) is 0 Å². The van der Waals surface area contributed by atoms with Crippen LogP contribution in [-0.4, -0.2) is 102 Å². The van der Waals surface area contributed by atoms with E-state index in [2.05, 4.69) is 50.5 Å². The Labute approximate surface area is 359 Å². The predicted molar refractivity (Wildman–Crippen MR) is 228 cm³/mol. The third-order valence-corrected chi connectivity index (χ3v) is 15.3. The summed E-state index contributed by atoms with van der Waals surface area (Å²) < 4.78 is 64.3. The number of methoxy groups -OCH3 is 1. The third-order valence-electron chi connectivity index (χ3n) is 10.9. The molecule has 0 amide bonds. The van der Waals surface area contributed by atoms with Gasteiger partial charge in [-0.05, 0) is 66.3 Å². The lowest BCUT2D eigenvalue weighted by atomic mass is 9.95. The zero-order valence-corrected chi connectivity index (χ0v) is 37.0. The maximum absolute atomic E-state index is 13.9. The summed E-state index contributed by atoms with van der Waals surface area (Å²) in [5.41, 5.74) is 11.0. The van der Waals surface area contributed by atoms with Crippen LogP contribution in [0.15, 0.2) is 109 Å². The number of unbranched alkanes of at least 4 members (excludes halogenated alkanes) is 1. The Balaban J connectivity index is 1.64. The Bertz CT molecular complexity index is 1880. The van der Waals surface area contributed by atoms with Crippen molar-refractivity contribution in [2.75, 3.05) is 20.3 Å². The summed E-state index contributed by atoms with van der Waals surface area (Å²) >= 11 is 0. The van der Waals surface area contributed by atoms with E-state index in [4.69, 9.17) is 47.1 Å². The number of carbonyl (C=O) groups is 2. The lowest BCUT2D eigenvalue weighted by Crippen LogP contribution is -2.68. The van der Waals surface area contributed by atoms with Gasteiger partial charge < -0.3 is 47.1 Å². The van der Waals surface area contributed by atoms with Gasteiger partial charge in [-0.25, -0.2) is 4.79 Å². The van der Waals surface area contributed by atoms with E-state index in [9.17, 15) is 15.1 Å². The van der Waals surface area contributed by atoms with E-state index in [-0.39, 0.29) is 24.9 Å². The SMILES string of the molecule is C=CCCCO[C@@H]1O[C@H](C(=O)OC)[C@@H](O[C@H]2O[C@H](COC(C)=O)[C@@H](O[Si](C)(C)C(C)(C)C)[C@H](OCc3ccccc3)[C@H]2N=[N+]=[N-])[C@H](Oc2ccccc2)[C@H]1Oc1ccccc1. The number of allylic oxidation sites excluding steroid dienone is 1. The zero-order chi connectivity index (χ0) is 44.0. The summed E-state index contributed by atoms with van der Waals surface area (Å²) in [6, 6.07) is 26.3. The topological polar surface area (TPSA) is 175 Å². The Morgan fingerprint density at radius 2 is 1.44 bits per heavy atom. The Morgan fingerprint density at radius 1 is 0.836 bits per heavy atom. The summed E-state index contributed by atoms with van der Waals surface area (Å²) in [4.78, 5) is 29.4. The molecule has 5 rings (SSSR count). The maximum atomic E-state index is 13.9. The van der Waals surface area contributed by atoms with Crippen LogP contribution < -0.4 is 9.47 Å². The number of hydrogen-bond acceptors (Lipinski definition) is 13. The van der Waals surface area contributed by atoms with E-state index >= 15 is 0 Å². The molecule has 2 aliphatic heterocycles. The first-order valence-corrected chi connectivity index (χ1v) is 23.4. The molecule has 330 valence electrons. The van der Waals surface area contributed by atoms with Gasteiger partial charge >= 0.3 is 11.9 Å². The van der Waals surface area contributed by atoms with Gasteiger partial charge in [0, 0.05) is 11.8 Å². The molecule has 61 heavy (non-hydrogen) atoms. The molecule has 0 unspecified atom stereocenters. The van der Waals surface area contributed by atoms with Crippen LogP contribution in [0.2, 0.25) is 18.1 Å². The first kappa shape index (κ1) is 47.3. The van der Waals surface area contributed by atoms with Crippen molar-refractivity contribution < 1.29 is 56.6 Å². The van der Waals surface area contributed by atoms with E-state index < -0.39 is 81.6 Å². The number of para-hydroxylation sites is 2. The van der Waals surface area contributed by atoms with Gasteiger partial charge in [0.1, 0.15) is 42.5 Å². The molecule has 3 aromatic carbocycles. The van der Waals surface area contributed by atoms with Gasteiger partial charge in [-0.3, -0.25) is 4.79 Å². The standard InChI is InChI=1S/C45H59N3O12Si/c1-9-10-20-27-52-44-41(56-33-25-18-13-19-26-33)39(55-32-23-16-12-17-24-32)38(40(59-44)42(50)51-6)58-43-35(47-48-46)37(54-28-31-21-14-11-15-22-31)36(34(57-43)29-53-30(2)49)60-61(7,8)45(3,4)5/h9,11-19,21-26,34-41,43-44H,1,10,20,27-29H2,2-8H3/t34-,35-,36-,37-,38+,39+,40+,41-,43-,44-/m1/s1. The summed E-state index contributed by atoms with van der Waals surface area (Å²) in [5.74, 6) is -0.452. The third kappa shape index (κ3) is 12.9. The molecule has 15 nitrogen and oxygen atoms in total. The molecule has 2 heterocycles. The monoisotopic (exact) mass is 861 g/mol. The van der Waals surface area contributed by atoms with Crippen LogP contribution in [0.3, 0.4) is 0 Å². The summed E-state index contributed by atoms with van der Waals surface area (Å²) in [7, 11) is -1.40. The molecule has 2 saturated heterocycles. The van der Waals surface area contributed by atoms with E-state index in [0.29, 0.717) is 24.3 Å². The highest BCUT2D eigenvalue weighted by Gasteiger charge is 2.58. The van der Waals surface area contributed by atoms with Gasteiger partial charge in [0.05, 0.1) is 26.4 Å². The first-order valence-electron chi connectivity index (χ1n) is 20.5. The molecular weight excluding hydrogens is 803 g/mol. The Kier molecular flexibility index (Phi) is 17.3. The molecular formula is C45H59N3O12Si. The second kappa shape index (κ2) is 22.4. The van der Waals surface area contributed by atoms with Gasteiger partial charge in [0.25, 0.3) is 0 Å². The number of ether oxygens (including phenoxy) is 9. The Hall–Kier alpha value is -4.77. The van der Waals surface area contributed by atoms with Crippen molar-refractivity contribution in [3.63, 3.8) is 0 Å². The van der Waals surface area contributed by atoms with Crippen molar-refractivity contribution in [3.05, 3.63) is 120 Å². The number of azide groups is 1. The van der Waals surface area contributed by atoms with Gasteiger partial charge in [-0.1, -0.05) is 98.7 Å². The van der Waals surface area contributed by atoms with Crippen molar-refractivity contribution in [2.24, 2.45) is 5.11 Å². The van der Waals surface area contributed by atoms with Crippen LogP contribution >= 0.6 is 0 Å². The zero-order valence-electron chi connectivity index (χ0n) is 36.0. The highest BCUT2D eigenvalue weighted by atomic mass is 28.4. The maximum Gasteiger partial charge on any atom is 0.338 e. The van der Waals surface area contributed by atoms with E-state index in [1.165, 1.54) is 14.0 Å². The number of rotatable bonds is 20.